The maximum Gasteiger partial charge on any atom is 0.338 e. The number of primary amides is 2. The van der Waals surface area contributed by atoms with Gasteiger partial charge in [-0.3, -0.25) is 83.6 Å². The molecule has 11 atom stereocenters. The molecule has 0 radical (unpaired) electrons. The van der Waals surface area contributed by atoms with Gasteiger partial charge in [-0.2, -0.15) is 12.6 Å². The molecule has 0 aliphatic carbocycles. The van der Waals surface area contributed by atoms with Gasteiger partial charge in [0.15, 0.2) is 23.1 Å². The molecule has 8 amide bonds. The highest BCUT2D eigenvalue weighted by Gasteiger charge is 2.40. The summed E-state index contributed by atoms with van der Waals surface area (Å²) in [7, 11) is 0. The zero-order chi connectivity index (χ0) is 69.8. The number of aliphatic hydroxyl groups is 1. The number of likely N-dealkylation sites (tertiary alicyclic amines) is 1. The minimum atomic E-state index is -1.72. The third-order valence-corrected chi connectivity index (χ3v) is 16.2. The molecular formula is C63H92N11O18S+. The fraction of sp³-hybridized carbons (Fsp3) is 0.571. The van der Waals surface area contributed by atoms with Crippen molar-refractivity contribution in [3.8, 4) is 11.5 Å². The van der Waals surface area contributed by atoms with Crippen molar-refractivity contribution in [1.29, 1.82) is 0 Å². The van der Waals surface area contributed by atoms with Gasteiger partial charge in [-0.1, -0.05) is 58.9 Å². The molecule has 18 N–H and O–H groups in total. The summed E-state index contributed by atoms with van der Waals surface area (Å²) in [5.41, 5.74) is 23.0. The zero-order valence-electron chi connectivity index (χ0n) is 53.2. The van der Waals surface area contributed by atoms with E-state index in [0.29, 0.717) is 24.0 Å². The Morgan fingerprint density at radius 1 is 0.581 bits per heavy atom. The Hall–Kier alpha value is -8.80. The Labute approximate surface area is 544 Å². The third kappa shape index (κ3) is 27.5. The summed E-state index contributed by atoms with van der Waals surface area (Å²) in [5.74, 6) is -16.6. The molecule has 2 aromatic carbocycles. The number of ketones is 5. The van der Waals surface area contributed by atoms with Crippen LogP contribution in [0.4, 0.5) is 0 Å². The van der Waals surface area contributed by atoms with Crippen LogP contribution in [-0.2, 0) is 80.0 Å². The topological polar surface area (TPSA) is 501 Å². The lowest BCUT2D eigenvalue weighted by molar-refractivity contribution is -0.459. The highest BCUT2D eigenvalue weighted by molar-refractivity contribution is 7.80. The molecule has 1 heterocycles. The molecule has 0 spiro atoms. The van der Waals surface area contributed by atoms with E-state index in [4.69, 9.17) is 22.9 Å². The van der Waals surface area contributed by atoms with Gasteiger partial charge in [-0.25, -0.2) is 0 Å². The van der Waals surface area contributed by atoms with Crippen molar-refractivity contribution in [2.45, 2.75) is 167 Å². The first-order chi connectivity index (χ1) is 43.7. The largest absolute Gasteiger partial charge is 0.508 e. The number of nitrogens with two attached hydrogens (primary N) is 4. The Kier molecular flexibility index (Phi) is 32.8. The van der Waals surface area contributed by atoms with E-state index in [1.807, 2.05) is 13.8 Å². The van der Waals surface area contributed by atoms with Crippen LogP contribution >= 0.6 is 12.6 Å². The number of hydrogen-bond acceptors (Lipinski definition) is 18. The molecule has 2 aromatic rings. The summed E-state index contributed by atoms with van der Waals surface area (Å²) in [6.07, 6.45) is -3.51. The van der Waals surface area contributed by atoms with E-state index in [9.17, 15) is 87.5 Å². The van der Waals surface area contributed by atoms with E-state index < -0.39 is 188 Å². The number of amides is 8. The quantitative estimate of drug-likeness (QED) is 0.0142. The van der Waals surface area contributed by atoms with Crippen LogP contribution in [-0.4, -0.2) is 175 Å². The van der Waals surface area contributed by atoms with Crippen LogP contribution in [0, 0.1) is 35.5 Å². The van der Waals surface area contributed by atoms with Gasteiger partial charge in [-0.05, 0) is 86.3 Å². The molecule has 93 heavy (non-hydrogen) atoms. The summed E-state index contributed by atoms with van der Waals surface area (Å²) in [6.45, 7) is 7.84. The monoisotopic (exact) mass is 1320 g/mol. The van der Waals surface area contributed by atoms with Crippen LogP contribution < -0.4 is 54.5 Å². The van der Waals surface area contributed by atoms with Gasteiger partial charge in [0, 0.05) is 80.4 Å². The van der Waals surface area contributed by atoms with E-state index in [1.54, 1.807) is 19.1 Å². The molecule has 0 saturated carbocycles. The van der Waals surface area contributed by atoms with Gasteiger partial charge in [0.25, 0.3) is 0 Å². The van der Waals surface area contributed by atoms with E-state index in [0.717, 1.165) is 0 Å². The van der Waals surface area contributed by atoms with Gasteiger partial charge < -0.3 is 63.4 Å². The first kappa shape index (κ1) is 78.4. The normalized spacial score (nSPS) is 16.0. The molecule has 1 aliphatic heterocycles. The number of Topliss-reactive ketones (excluding diaryl/α,β-unsaturated/α-hetero) is 5. The molecule has 29 nitrogen and oxygen atoms in total. The summed E-state index contributed by atoms with van der Waals surface area (Å²) in [6, 6.07) is 3.37. The first-order valence-electron chi connectivity index (χ1n) is 30.9. The number of carbonyl (C=O) groups is 14. The first-order valence-corrected chi connectivity index (χ1v) is 31.5. The van der Waals surface area contributed by atoms with Crippen molar-refractivity contribution in [1.82, 2.24) is 31.5 Å². The van der Waals surface area contributed by atoms with Crippen molar-refractivity contribution < 1.29 is 92.5 Å². The Morgan fingerprint density at radius 2 is 1.09 bits per heavy atom. The molecule has 30 heteroatoms. The summed E-state index contributed by atoms with van der Waals surface area (Å²) in [4.78, 5) is 191. The average Bonchev–Trinajstić information content (AvgIpc) is 1.81. The maximum atomic E-state index is 14.1. The fourth-order valence-corrected chi connectivity index (χ4v) is 11.0. The van der Waals surface area contributed by atoms with Crippen LogP contribution in [0.1, 0.15) is 129 Å². The number of nitrogens with zero attached hydrogens (tertiary/aromatic N) is 1. The highest BCUT2D eigenvalue weighted by Crippen LogP contribution is 2.25. The minimum Gasteiger partial charge on any atom is -0.508 e. The molecule has 3 rings (SSSR count). The van der Waals surface area contributed by atoms with Gasteiger partial charge in [0.2, 0.25) is 47.3 Å². The molecule has 0 unspecified atom stereocenters. The number of guanidine groups is 1. The van der Waals surface area contributed by atoms with E-state index in [1.165, 1.54) is 55.1 Å². The van der Waals surface area contributed by atoms with Crippen LogP contribution in [0.5, 0.6) is 11.5 Å². The van der Waals surface area contributed by atoms with Crippen molar-refractivity contribution in [3.05, 3.63) is 59.7 Å². The number of hydrogen-bond donors (Lipinski definition) is 15. The van der Waals surface area contributed by atoms with Crippen LogP contribution in [0.25, 0.3) is 0 Å². The standard InChI is InChI=1S/C63H91N11O18S/c1-33(2)22-34(3)50(79)27-39(25-37-10-14-41(76)15-11-37)59(89)70-43(8-6-20-68-63(66)67)51(80)23-35(4)58(88)71-44(29-54(64)83)49(78)18-19-55(84)69-45(30-56(85)86)52(81)24-36(5)62(92)74-21-7-9-48(74)61(91)73-47(32-93)53(82)28-40(26-38-12-16-42(77)17-13-38)60(90)72-46(31-75)57(65)87/h10-17,33-36,39-40,43-48,75-77,93H,6-9,18-32H2,1-5H3,(H2,64,83)(H2,65,87)(H,69,84)(H,70,89)(H,71,88)(H,72,90)(H,73,91)(H,85,86)(H4,66,67,68)/p+1/t34-,35+,36+,39+,40+,43-,44-,45-,46-,47-,48-/m0/s1. The summed E-state index contributed by atoms with van der Waals surface area (Å²) >= 11 is 4.25. The molecule has 0 aromatic heterocycles. The second-order valence-electron chi connectivity index (χ2n) is 24.2. The molecule has 1 fully saturated rings. The zero-order valence-corrected chi connectivity index (χ0v) is 54.1. The van der Waals surface area contributed by atoms with Crippen LogP contribution in [0.3, 0.4) is 0 Å². The van der Waals surface area contributed by atoms with Crippen molar-refractivity contribution in [3.63, 3.8) is 0 Å². The van der Waals surface area contributed by atoms with E-state index in [2.05, 4.69) is 44.2 Å². The lowest BCUT2D eigenvalue weighted by atomic mass is 9.86. The van der Waals surface area contributed by atoms with Crippen molar-refractivity contribution in [2.75, 3.05) is 25.4 Å². The number of carboxylic acids is 1. The average molecular weight is 1320 g/mol. The minimum absolute atomic E-state index is 0.00758. The second-order valence-corrected chi connectivity index (χ2v) is 24.6. The lowest BCUT2D eigenvalue weighted by Crippen LogP contribution is -2.78. The SMILES string of the molecule is CC(C)C[C@H](C)C(=O)C[C@@H](Cc1ccc(O)cc1)C(=O)N[C@@H](CCC[NH+]=C(N)N)C(=O)C[C@@H](C)C(=O)N[C@@H](CC(N)=O)C(=O)CCC(=O)N[C@@H](CC(=O)O)C(=O)C[C@@H](C)C(=O)N1CCC[C@H]1C(=O)N[C@@H](CS)C(=O)C[C@@H](Cc1ccc(O)cc1)C(=O)N[C@@H](CO)C(N)=O. The van der Waals surface area contributed by atoms with Crippen LogP contribution in [0.15, 0.2) is 48.5 Å². The lowest BCUT2D eigenvalue weighted by Gasteiger charge is -2.29. The number of carbonyl (C=O) groups excluding carboxylic acids is 13. The number of nitrogens with one attached hydrogen (secondary N) is 6. The van der Waals surface area contributed by atoms with Crippen molar-refractivity contribution >= 4 is 101 Å². The summed E-state index contributed by atoms with van der Waals surface area (Å²) < 4.78 is 0. The molecule has 512 valence electrons. The number of rotatable bonds is 43. The Morgan fingerprint density at radius 3 is 1.59 bits per heavy atom. The predicted molar refractivity (Wildman–Crippen MR) is 339 cm³/mol. The van der Waals surface area contributed by atoms with Crippen LogP contribution in [0.2, 0.25) is 0 Å². The molecule has 0 bridgehead atoms. The van der Waals surface area contributed by atoms with Crippen molar-refractivity contribution in [2.24, 2.45) is 58.4 Å². The highest BCUT2D eigenvalue weighted by atomic mass is 32.1. The number of benzene rings is 2. The molecule has 1 aliphatic rings. The third-order valence-electron chi connectivity index (χ3n) is 15.8. The number of thiol groups is 1. The van der Waals surface area contributed by atoms with Gasteiger partial charge in [0.1, 0.15) is 29.4 Å². The number of carboxylic acid groups (broad SMARTS) is 1. The maximum absolute atomic E-state index is 14.1. The smallest absolute Gasteiger partial charge is 0.338 e. The van der Waals surface area contributed by atoms with E-state index in [-0.39, 0.29) is 92.4 Å². The second kappa shape index (κ2) is 38.9. The molecule has 1 saturated heterocycles. The van der Waals surface area contributed by atoms with Gasteiger partial charge in [0.05, 0.1) is 50.2 Å². The number of aliphatic hydroxyl groups excluding tert-OH is 1. The number of aromatic hydroxyl groups is 2. The van der Waals surface area contributed by atoms with Gasteiger partial charge in [-0.15, -0.1) is 0 Å². The predicted octanol–water partition coefficient (Wildman–Crippen LogP) is -2.44. The number of phenols is 2. The molecular weight excluding hydrogens is 1230 g/mol. The number of aliphatic carboxylic acids is 1. The van der Waals surface area contributed by atoms with E-state index >= 15 is 0 Å². The van der Waals surface area contributed by atoms with Gasteiger partial charge >= 0.3 is 11.9 Å². The fourth-order valence-electron chi connectivity index (χ4n) is 10.7. The Balaban J connectivity index is 1.69. The Bertz CT molecular complexity index is 3010. The summed E-state index contributed by atoms with van der Waals surface area (Å²) in [5, 5.41) is 51.3. The number of phenolic OH excluding ortho intramolecular Hbond substituents is 2.